The zero-order valence-corrected chi connectivity index (χ0v) is 14.9. The Balaban J connectivity index is 2.17. The second-order valence-corrected chi connectivity index (χ2v) is 6.16. The molecule has 5 heteroatoms. The fourth-order valence-electron chi connectivity index (χ4n) is 2.43. The third-order valence-electron chi connectivity index (χ3n) is 3.89. The molecule has 0 aliphatic heterocycles. The van der Waals surface area contributed by atoms with Crippen molar-refractivity contribution in [2.75, 3.05) is 34.3 Å². The van der Waals surface area contributed by atoms with Crippen LogP contribution in [-0.2, 0) is 17.9 Å². The van der Waals surface area contributed by atoms with E-state index in [9.17, 15) is 4.79 Å². The lowest BCUT2D eigenvalue weighted by Gasteiger charge is -2.24. The lowest BCUT2D eigenvalue weighted by Crippen LogP contribution is -2.36. The number of methoxy groups -OCH3 is 1. The van der Waals surface area contributed by atoms with Crippen LogP contribution in [0.25, 0.3) is 0 Å². The van der Waals surface area contributed by atoms with E-state index in [-0.39, 0.29) is 5.91 Å². The fraction of sp³-hybridized carbons (Fsp3) is 0.421. The maximum absolute atomic E-state index is 12.9. The zero-order chi connectivity index (χ0) is 17.5. The average Bonchev–Trinajstić information content (AvgIpc) is 3.01. The van der Waals surface area contributed by atoms with E-state index in [0.29, 0.717) is 31.2 Å². The van der Waals surface area contributed by atoms with Crippen LogP contribution < -0.4 is 0 Å². The molecule has 130 valence electrons. The summed E-state index contributed by atoms with van der Waals surface area (Å²) in [6, 6.07) is 11.6. The predicted molar refractivity (Wildman–Crippen MR) is 93.9 cm³/mol. The monoisotopic (exact) mass is 330 g/mol. The van der Waals surface area contributed by atoms with Gasteiger partial charge in [-0.25, -0.2) is 0 Å². The smallest absolute Gasteiger partial charge is 0.289 e. The Bertz CT molecular complexity index is 664. The number of ether oxygens (including phenoxy) is 1. The van der Waals surface area contributed by atoms with Gasteiger partial charge in [0.15, 0.2) is 5.76 Å². The number of benzene rings is 1. The first-order chi connectivity index (χ1) is 11.5. The van der Waals surface area contributed by atoms with Crippen LogP contribution in [0.1, 0.15) is 27.4 Å². The third-order valence-corrected chi connectivity index (χ3v) is 3.89. The van der Waals surface area contributed by atoms with Crippen LogP contribution in [0.4, 0.5) is 0 Å². The zero-order valence-electron chi connectivity index (χ0n) is 14.9. The maximum Gasteiger partial charge on any atom is 0.289 e. The van der Waals surface area contributed by atoms with E-state index >= 15 is 0 Å². The number of amides is 1. The summed E-state index contributed by atoms with van der Waals surface area (Å²) in [6.45, 7) is 4.43. The van der Waals surface area contributed by atoms with Gasteiger partial charge in [-0.3, -0.25) is 4.79 Å². The lowest BCUT2D eigenvalue weighted by molar-refractivity contribution is 0.0692. The minimum absolute atomic E-state index is 0.0949. The molecule has 0 atom stereocenters. The van der Waals surface area contributed by atoms with Crippen LogP contribution in [0.5, 0.6) is 0 Å². The van der Waals surface area contributed by atoms with E-state index < -0.39 is 0 Å². The van der Waals surface area contributed by atoms with Gasteiger partial charge < -0.3 is 19.0 Å². The molecular formula is C19H26N2O3. The van der Waals surface area contributed by atoms with Gasteiger partial charge in [-0.05, 0) is 44.3 Å². The standard InChI is InChI=1S/C19H26N2O3/c1-15-7-5-6-8-16(15)13-21(12-11-20(2)3)19(22)18-10-9-17(24-18)14-23-4/h5-10H,11-14H2,1-4H3. The Labute approximate surface area is 143 Å². The van der Waals surface area contributed by atoms with E-state index in [1.54, 1.807) is 19.2 Å². The number of nitrogens with zero attached hydrogens (tertiary/aromatic N) is 2. The normalized spacial score (nSPS) is 11.0. The minimum Gasteiger partial charge on any atom is -0.453 e. The Kier molecular flexibility index (Phi) is 6.58. The topological polar surface area (TPSA) is 45.9 Å². The summed E-state index contributed by atoms with van der Waals surface area (Å²) in [6.07, 6.45) is 0. The van der Waals surface area contributed by atoms with Gasteiger partial charge in [0.1, 0.15) is 12.4 Å². The molecule has 1 amide bonds. The molecule has 2 aromatic rings. The number of likely N-dealkylation sites (N-methyl/N-ethyl adjacent to an activating group) is 1. The van der Waals surface area contributed by atoms with E-state index in [1.165, 1.54) is 5.56 Å². The summed E-state index contributed by atoms with van der Waals surface area (Å²) in [5.74, 6) is 0.918. The molecule has 24 heavy (non-hydrogen) atoms. The molecule has 0 unspecified atom stereocenters. The Morgan fingerprint density at radius 3 is 2.54 bits per heavy atom. The van der Waals surface area contributed by atoms with Crippen molar-refractivity contribution in [2.45, 2.75) is 20.1 Å². The molecule has 5 nitrogen and oxygen atoms in total. The molecule has 0 saturated heterocycles. The van der Waals surface area contributed by atoms with E-state index in [2.05, 4.69) is 24.0 Å². The average molecular weight is 330 g/mol. The number of aryl methyl sites for hydroxylation is 1. The Morgan fingerprint density at radius 1 is 1.12 bits per heavy atom. The van der Waals surface area contributed by atoms with Gasteiger partial charge >= 0.3 is 0 Å². The van der Waals surface area contributed by atoms with E-state index in [1.807, 2.05) is 31.1 Å². The second kappa shape index (κ2) is 8.66. The van der Waals surface area contributed by atoms with Crippen molar-refractivity contribution in [3.05, 3.63) is 59.0 Å². The maximum atomic E-state index is 12.9. The third kappa shape index (κ3) is 4.94. The minimum atomic E-state index is -0.0949. The molecule has 1 aromatic heterocycles. The lowest BCUT2D eigenvalue weighted by atomic mass is 10.1. The molecule has 0 N–H and O–H groups in total. The molecular weight excluding hydrogens is 304 g/mol. The molecule has 1 aromatic carbocycles. The fourth-order valence-corrected chi connectivity index (χ4v) is 2.43. The van der Waals surface area contributed by atoms with Crippen LogP contribution >= 0.6 is 0 Å². The number of rotatable bonds is 8. The van der Waals surface area contributed by atoms with Gasteiger partial charge in [-0.2, -0.15) is 0 Å². The summed E-state index contributed by atoms with van der Waals surface area (Å²) < 4.78 is 10.7. The molecule has 0 aliphatic rings. The van der Waals surface area contributed by atoms with Crippen molar-refractivity contribution >= 4 is 5.91 Å². The number of carbonyl (C=O) groups is 1. The first-order valence-corrected chi connectivity index (χ1v) is 8.07. The second-order valence-electron chi connectivity index (χ2n) is 6.16. The number of carbonyl (C=O) groups excluding carboxylic acids is 1. The molecule has 0 bridgehead atoms. The molecule has 1 heterocycles. The highest BCUT2D eigenvalue weighted by molar-refractivity contribution is 5.91. The van der Waals surface area contributed by atoms with Crippen LogP contribution in [-0.4, -0.2) is 50.0 Å². The van der Waals surface area contributed by atoms with Crippen molar-refractivity contribution in [1.82, 2.24) is 9.80 Å². The quantitative estimate of drug-likeness (QED) is 0.746. The molecule has 0 radical (unpaired) electrons. The van der Waals surface area contributed by atoms with Gasteiger partial charge in [0.05, 0.1) is 0 Å². The highest BCUT2D eigenvalue weighted by Gasteiger charge is 2.20. The molecule has 0 spiro atoms. The summed E-state index contributed by atoms with van der Waals surface area (Å²) >= 11 is 0. The molecule has 0 fully saturated rings. The first-order valence-electron chi connectivity index (χ1n) is 8.07. The van der Waals surface area contributed by atoms with Crippen LogP contribution in [0.3, 0.4) is 0 Å². The van der Waals surface area contributed by atoms with Crippen molar-refractivity contribution < 1.29 is 13.9 Å². The van der Waals surface area contributed by atoms with Gasteiger partial charge in [0, 0.05) is 26.7 Å². The predicted octanol–water partition coefficient (Wildman–Crippen LogP) is 2.94. The van der Waals surface area contributed by atoms with Crippen LogP contribution in [0, 0.1) is 6.92 Å². The highest BCUT2D eigenvalue weighted by atomic mass is 16.5. The highest BCUT2D eigenvalue weighted by Crippen LogP contribution is 2.16. The van der Waals surface area contributed by atoms with Crippen LogP contribution in [0.15, 0.2) is 40.8 Å². The number of hydrogen-bond donors (Lipinski definition) is 0. The Morgan fingerprint density at radius 2 is 1.88 bits per heavy atom. The van der Waals surface area contributed by atoms with Crippen molar-refractivity contribution in [3.8, 4) is 0 Å². The van der Waals surface area contributed by atoms with E-state index in [0.717, 1.165) is 12.1 Å². The first kappa shape index (κ1) is 18.2. The summed E-state index contributed by atoms with van der Waals surface area (Å²) in [5, 5.41) is 0. The molecule has 0 saturated carbocycles. The SMILES string of the molecule is COCc1ccc(C(=O)N(CCN(C)C)Cc2ccccc2C)o1. The van der Waals surface area contributed by atoms with Crippen molar-refractivity contribution in [1.29, 1.82) is 0 Å². The number of furan rings is 1. The van der Waals surface area contributed by atoms with Gasteiger partial charge in [-0.1, -0.05) is 24.3 Å². The van der Waals surface area contributed by atoms with Crippen molar-refractivity contribution in [2.24, 2.45) is 0 Å². The summed E-state index contributed by atoms with van der Waals surface area (Å²) in [7, 11) is 5.60. The number of hydrogen-bond acceptors (Lipinski definition) is 4. The summed E-state index contributed by atoms with van der Waals surface area (Å²) in [4.78, 5) is 16.8. The van der Waals surface area contributed by atoms with Gasteiger partial charge in [-0.15, -0.1) is 0 Å². The van der Waals surface area contributed by atoms with Crippen molar-refractivity contribution in [3.63, 3.8) is 0 Å². The molecule has 2 rings (SSSR count). The van der Waals surface area contributed by atoms with E-state index in [4.69, 9.17) is 9.15 Å². The summed E-state index contributed by atoms with van der Waals surface area (Å²) in [5.41, 5.74) is 2.33. The Hall–Kier alpha value is -2.11. The van der Waals surface area contributed by atoms with Crippen LogP contribution in [0.2, 0.25) is 0 Å². The largest absolute Gasteiger partial charge is 0.453 e. The van der Waals surface area contributed by atoms with Gasteiger partial charge in [0.2, 0.25) is 0 Å². The van der Waals surface area contributed by atoms with Gasteiger partial charge in [0.25, 0.3) is 5.91 Å². The molecule has 0 aliphatic carbocycles.